The van der Waals surface area contributed by atoms with Gasteiger partial charge in [0.2, 0.25) is 5.91 Å². The van der Waals surface area contributed by atoms with Crippen molar-refractivity contribution in [1.29, 1.82) is 0 Å². The van der Waals surface area contributed by atoms with Crippen LogP contribution < -0.4 is 0 Å². The highest BCUT2D eigenvalue weighted by molar-refractivity contribution is 5.83. The van der Waals surface area contributed by atoms with Gasteiger partial charge in [-0.25, -0.2) is 0 Å². The molecule has 0 aliphatic carbocycles. The lowest BCUT2D eigenvalue weighted by Crippen LogP contribution is -2.44. The molecule has 2 aromatic carbocycles. The first-order valence-electron chi connectivity index (χ1n) is 15.1. The number of fused-ring (bicyclic) bond motifs is 1. The van der Waals surface area contributed by atoms with Crippen LogP contribution in [0, 0.1) is 0 Å². The van der Waals surface area contributed by atoms with Crippen LogP contribution in [-0.4, -0.2) is 78.4 Å². The molecular weight excluding hydrogens is 542 g/mol. The summed E-state index contributed by atoms with van der Waals surface area (Å²) in [6.45, 7) is 9.90. The van der Waals surface area contributed by atoms with Gasteiger partial charge in [0.1, 0.15) is 12.4 Å². The zero-order valence-corrected chi connectivity index (χ0v) is 26.1. The number of nitrogens with zero attached hydrogens (tertiary/aromatic N) is 2. The molecule has 0 saturated carbocycles. The van der Waals surface area contributed by atoms with Crippen molar-refractivity contribution in [2.24, 2.45) is 0 Å². The molecule has 0 bridgehead atoms. The average Bonchev–Trinajstić information content (AvgIpc) is 3.65. The molecule has 4 aromatic rings. The second-order valence-corrected chi connectivity index (χ2v) is 12.2. The van der Waals surface area contributed by atoms with Crippen LogP contribution in [-0.2, 0) is 39.3 Å². The van der Waals surface area contributed by atoms with Gasteiger partial charge in [-0.15, -0.1) is 0 Å². The smallest absolute Gasteiger partial charge is 0.237 e. The Hall–Kier alpha value is -3.43. The zero-order valence-electron chi connectivity index (χ0n) is 26.1. The second kappa shape index (κ2) is 15.9. The van der Waals surface area contributed by atoms with Gasteiger partial charge in [0.05, 0.1) is 25.5 Å². The van der Waals surface area contributed by atoms with Crippen molar-refractivity contribution in [3.63, 3.8) is 0 Å². The average molecular weight is 590 g/mol. The highest BCUT2D eigenvalue weighted by atomic mass is 16.5. The van der Waals surface area contributed by atoms with Gasteiger partial charge >= 0.3 is 0 Å². The number of aliphatic hydroxyl groups excluding tert-OH is 1. The fraction of sp³-hybridized carbons (Fsp3) is 0.457. The lowest BCUT2D eigenvalue weighted by molar-refractivity contribution is -0.133. The van der Waals surface area contributed by atoms with E-state index in [2.05, 4.69) is 62.2 Å². The van der Waals surface area contributed by atoms with Gasteiger partial charge in [-0.2, -0.15) is 0 Å². The number of aliphatic hydroxyl groups is 1. The predicted molar refractivity (Wildman–Crippen MR) is 170 cm³/mol. The van der Waals surface area contributed by atoms with Gasteiger partial charge in [-0.05, 0) is 53.1 Å². The van der Waals surface area contributed by atoms with Gasteiger partial charge in [-0.1, -0.05) is 63.2 Å². The zero-order chi connectivity index (χ0) is 30.7. The molecular formula is C35H47N3O5. The number of benzene rings is 2. The van der Waals surface area contributed by atoms with Crippen LogP contribution in [0.5, 0.6) is 0 Å². The van der Waals surface area contributed by atoms with Crippen molar-refractivity contribution in [1.82, 2.24) is 14.8 Å². The Labute approximate surface area is 255 Å². The molecule has 0 fully saturated rings. The summed E-state index contributed by atoms with van der Waals surface area (Å²) in [5.74, 6) is 0.738. The van der Waals surface area contributed by atoms with Crippen LogP contribution in [0.15, 0.2) is 77.5 Å². The van der Waals surface area contributed by atoms with E-state index in [4.69, 9.17) is 13.9 Å². The fourth-order valence-corrected chi connectivity index (χ4v) is 5.22. The van der Waals surface area contributed by atoms with E-state index < -0.39 is 6.10 Å². The highest BCUT2D eigenvalue weighted by Gasteiger charge is 2.21. The van der Waals surface area contributed by atoms with E-state index in [0.717, 1.165) is 23.9 Å². The number of aromatic nitrogens is 1. The van der Waals surface area contributed by atoms with E-state index in [1.165, 1.54) is 16.5 Å². The summed E-state index contributed by atoms with van der Waals surface area (Å²) in [5, 5.41) is 11.9. The third kappa shape index (κ3) is 10.1. The van der Waals surface area contributed by atoms with Crippen molar-refractivity contribution in [3.05, 3.63) is 95.6 Å². The van der Waals surface area contributed by atoms with E-state index in [9.17, 15) is 9.90 Å². The van der Waals surface area contributed by atoms with E-state index in [-0.39, 0.29) is 24.5 Å². The largest absolute Gasteiger partial charge is 0.467 e. The molecule has 43 heavy (non-hydrogen) atoms. The van der Waals surface area contributed by atoms with Crippen LogP contribution in [0.2, 0.25) is 0 Å². The second-order valence-electron chi connectivity index (χ2n) is 12.2. The van der Waals surface area contributed by atoms with E-state index in [0.29, 0.717) is 45.2 Å². The van der Waals surface area contributed by atoms with E-state index >= 15 is 0 Å². The molecule has 1 atom stereocenters. The topological polar surface area (TPSA) is 91.2 Å². The number of carbonyl (C=O) groups excluding carboxylic acids is 1. The minimum absolute atomic E-state index is 0.0286. The van der Waals surface area contributed by atoms with Crippen molar-refractivity contribution >= 4 is 16.8 Å². The summed E-state index contributed by atoms with van der Waals surface area (Å²) in [6.07, 6.45) is 4.40. The predicted octanol–water partition coefficient (Wildman–Crippen LogP) is 5.55. The molecule has 0 aliphatic rings. The number of furan rings is 1. The first-order chi connectivity index (χ1) is 20.7. The number of H-pyrrole nitrogens is 1. The Bertz CT molecular complexity index is 1370. The third-order valence-electron chi connectivity index (χ3n) is 7.66. The van der Waals surface area contributed by atoms with Gasteiger partial charge in [-0.3, -0.25) is 9.69 Å². The molecule has 2 aromatic heterocycles. The SMILES string of the molecule is COCCCN(CC(=O)N(CCc1c[nH]c2ccccc12)Cc1ccc(C(C)(C)C)cc1)C[C@@H](O)COCc1ccco1. The first-order valence-corrected chi connectivity index (χ1v) is 15.1. The monoisotopic (exact) mass is 589 g/mol. The lowest BCUT2D eigenvalue weighted by Gasteiger charge is -2.29. The Morgan fingerprint density at radius 1 is 1.05 bits per heavy atom. The molecule has 232 valence electrons. The first kappa shape index (κ1) is 32.5. The lowest BCUT2D eigenvalue weighted by atomic mass is 9.87. The Kier molecular flexibility index (Phi) is 12.0. The van der Waals surface area contributed by atoms with Crippen LogP contribution in [0.3, 0.4) is 0 Å². The van der Waals surface area contributed by atoms with Crippen LogP contribution in [0.4, 0.5) is 0 Å². The number of para-hydroxylation sites is 1. The van der Waals surface area contributed by atoms with Crippen molar-refractivity contribution in [3.8, 4) is 0 Å². The van der Waals surface area contributed by atoms with E-state index in [1.807, 2.05) is 40.3 Å². The van der Waals surface area contributed by atoms with Crippen molar-refractivity contribution < 1.29 is 23.8 Å². The Morgan fingerprint density at radius 3 is 2.56 bits per heavy atom. The molecule has 0 unspecified atom stereocenters. The summed E-state index contributed by atoms with van der Waals surface area (Å²) in [5.41, 5.74) is 4.71. The van der Waals surface area contributed by atoms with Gasteiger partial charge in [0.15, 0.2) is 0 Å². The summed E-state index contributed by atoms with van der Waals surface area (Å²) in [7, 11) is 1.67. The summed E-state index contributed by atoms with van der Waals surface area (Å²) >= 11 is 0. The standard InChI is InChI=1S/C35H47N3O5/c1-35(2,3)29-14-12-27(13-15-29)22-38(18-16-28-21-36-33-11-6-5-10-32(28)33)34(40)24-37(17-8-19-41-4)23-30(39)25-42-26-31-9-7-20-43-31/h5-7,9-15,20-21,30,36,39H,8,16-19,22-26H2,1-4H3/t30-/m1/s1. The van der Waals surface area contributed by atoms with Crippen LogP contribution in [0.1, 0.15) is 49.6 Å². The molecule has 8 nitrogen and oxygen atoms in total. The molecule has 8 heteroatoms. The number of nitrogens with one attached hydrogen (secondary N) is 1. The van der Waals surface area contributed by atoms with E-state index in [1.54, 1.807) is 13.4 Å². The number of rotatable bonds is 17. The fourth-order valence-electron chi connectivity index (χ4n) is 5.22. The number of methoxy groups -OCH3 is 1. The maximum Gasteiger partial charge on any atom is 0.237 e. The van der Waals surface area contributed by atoms with Crippen LogP contribution >= 0.6 is 0 Å². The summed E-state index contributed by atoms with van der Waals surface area (Å²) in [4.78, 5) is 21.2. The normalized spacial score (nSPS) is 12.7. The van der Waals surface area contributed by atoms with Gasteiger partial charge in [0.25, 0.3) is 0 Å². The van der Waals surface area contributed by atoms with Gasteiger partial charge < -0.3 is 28.9 Å². The third-order valence-corrected chi connectivity index (χ3v) is 7.66. The molecule has 4 rings (SSSR count). The molecule has 0 spiro atoms. The summed E-state index contributed by atoms with van der Waals surface area (Å²) in [6, 6.07) is 20.5. The molecule has 0 radical (unpaired) electrons. The van der Waals surface area contributed by atoms with Crippen LogP contribution in [0.25, 0.3) is 10.9 Å². The number of hydrogen-bond donors (Lipinski definition) is 2. The van der Waals surface area contributed by atoms with Crippen molar-refractivity contribution in [2.75, 3.05) is 46.5 Å². The minimum Gasteiger partial charge on any atom is -0.467 e. The molecule has 1 amide bonds. The number of amides is 1. The molecule has 0 aliphatic heterocycles. The number of hydrogen-bond acceptors (Lipinski definition) is 6. The number of ether oxygens (including phenoxy) is 2. The summed E-state index contributed by atoms with van der Waals surface area (Å²) < 4.78 is 16.2. The number of aromatic amines is 1. The Balaban J connectivity index is 1.44. The molecule has 2 N–H and O–H groups in total. The maximum absolute atomic E-state index is 13.9. The van der Waals surface area contributed by atoms with Gasteiger partial charge in [0, 0.05) is 57.0 Å². The van der Waals surface area contributed by atoms with Crippen molar-refractivity contribution in [2.45, 2.75) is 58.3 Å². The number of carbonyl (C=O) groups is 1. The highest BCUT2D eigenvalue weighted by Crippen LogP contribution is 2.23. The quantitative estimate of drug-likeness (QED) is 0.157. The molecule has 0 saturated heterocycles. The maximum atomic E-state index is 13.9. The Morgan fingerprint density at radius 2 is 1.84 bits per heavy atom. The minimum atomic E-state index is -0.741. The molecule has 2 heterocycles.